The van der Waals surface area contributed by atoms with Gasteiger partial charge in [-0.15, -0.1) is 0 Å². The molecule has 1 aliphatic rings. The van der Waals surface area contributed by atoms with Crippen LogP contribution in [0.3, 0.4) is 0 Å². The maximum Gasteiger partial charge on any atom is 0.243 e. The van der Waals surface area contributed by atoms with Crippen molar-refractivity contribution in [1.82, 2.24) is 9.29 Å². The quantitative estimate of drug-likeness (QED) is 0.793. The average Bonchev–Trinajstić information content (AvgIpc) is 2.95. The van der Waals surface area contributed by atoms with E-state index in [1.807, 2.05) is 6.92 Å². The Morgan fingerprint density at radius 3 is 3.05 bits per heavy atom. The lowest BCUT2D eigenvalue weighted by molar-refractivity contribution is 0.259. The van der Waals surface area contributed by atoms with Crippen LogP contribution in [0.5, 0.6) is 0 Å². The second-order valence-electron chi connectivity index (χ2n) is 5.33. The van der Waals surface area contributed by atoms with Crippen LogP contribution in [-0.2, 0) is 10.0 Å². The zero-order chi connectivity index (χ0) is 15.3. The molecule has 2 rings (SSSR count). The number of pyridine rings is 1. The molecule has 0 bridgehead atoms. The summed E-state index contributed by atoms with van der Waals surface area (Å²) < 4.78 is 26.7. The topological polar surface area (TPSA) is 82.5 Å². The predicted molar refractivity (Wildman–Crippen MR) is 81.6 cm³/mol. The zero-order valence-corrected chi connectivity index (χ0v) is 13.1. The highest BCUT2D eigenvalue weighted by molar-refractivity contribution is 7.89. The van der Waals surface area contributed by atoms with Gasteiger partial charge in [0.25, 0.3) is 0 Å². The Morgan fingerprint density at radius 2 is 2.33 bits per heavy atom. The van der Waals surface area contributed by atoms with Gasteiger partial charge in [-0.05, 0) is 31.2 Å². The van der Waals surface area contributed by atoms with Crippen LogP contribution >= 0.6 is 0 Å². The van der Waals surface area contributed by atoms with E-state index in [9.17, 15) is 8.42 Å². The van der Waals surface area contributed by atoms with Crippen LogP contribution < -0.4 is 5.32 Å². The van der Waals surface area contributed by atoms with Crippen LogP contribution in [0.4, 0.5) is 5.82 Å². The molecule has 0 saturated carbocycles. The lowest BCUT2D eigenvalue weighted by Gasteiger charge is -2.17. The molecule has 1 aromatic rings. The fourth-order valence-electron chi connectivity index (χ4n) is 2.50. The molecule has 1 saturated heterocycles. The van der Waals surface area contributed by atoms with Crippen molar-refractivity contribution in [3.05, 3.63) is 18.3 Å². The second kappa shape index (κ2) is 7.20. The van der Waals surface area contributed by atoms with Gasteiger partial charge in [-0.3, -0.25) is 0 Å². The third-order valence-electron chi connectivity index (χ3n) is 3.71. The summed E-state index contributed by atoms with van der Waals surface area (Å²) in [7, 11) is -3.47. The predicted octanol–water partition coefficient (Wildman–Crippen LogP) is 1.30. The van der Waals surface area contributed by atoms with Gasteiger partial charge in [0.1, 0.15) is 5.82 Å². The average molecular weight is 313 g/mol. The molecule has 1 unspecified atom stereocenters. The molecule has 118 valence electrons. The molecule has 1 atom stereocenters. The molecule has 1 aromatic heterocycles. The van der Waals surface area contributed by atoms with Gasteiger partial charge in [-0.1, -0.05) is 6.92 Å². The van der Waals surface area contributed by atoms with E-state index in [2.05, 4.69) is 10.3 Å². The number of nitrogens with zero attached hydrogens (tertiary/aromatic N) is 2. The molecule has 0 radical (unpaired) electrons. The van der Waals surface area contributed by atoms with Crippen molar-refractivity contribution in [2.75, 3.05) is 31.6 Å². The summed E-state index contributed by atoms with van der Waals surface area (Å²) in [5.74, 6) is 0.841. The van der Waals surface area contributed by atoms with Gasteiger partial charge in [0, 0.05) is 38.5 Å². The van der Waals surface area contributed by atoms with Crippen molar-refractivity contribution in [3.63, 3.8) is 0 Å². The molecule has 21 heavy (non-hydrogen) atoms. The van der Waals surface area contributed by atoms with Gasteiger partial charge in [-0.25, -0.2) is 13.4 Å². The van der Waals surface area contributed by atoms with Crippen LogP contribution in [0.2, 0.25) is 0 Å². The van der Waals surface area contributed by atoms with E-state index < -0.39 is 10.0 Å². The lowest BCUT2D eigenvalue weighted by Crippen LogP contribution is -2.29. The first-order valence-corrected chi connectivity index (χ1v) is 8.83. The molecular formula is C14H23N3O3S. The van der Waals surface area contributed by atoms with Gasteiger partial charge >= 0.3 is 0 Å². The van der Waals surface area contributed by atoms with E-state index in [0.29, 0.717) is 25.3 Å². The van der Waals surface area contributed by atoms with Crippen LogP contribution in [-0.4, -0.2) is 49.1 Å². The van der Waals surface area contributed by atoms with Crippen LogP contribution in [0.1, 0.15) is 26.2 Å². The molecule has 2 N–H and O–H groups in total. The Bertz CT molecular complexity index is 562. The number of nitrogens with one attached hydrogen (secondary N) is 1. The Labute approximate surface area is 126 Å². The summed E-state index contributed by atoms with van der Waals surface area (Å²) in [5.41, 5.74) is 0. The molecule has 1 fully saturated rings. The van der Waals surface area contributed by atoms with Crippen molar-refractivity contribution in [2.24, 2.45) is 5.92 Å². The SMILES string of the molecule is CCCNc1cc(S(=O)(=O)N2CCC(CCO)C2)ccn1. The highest BCUT2D eigenvalue weighted by Crippen LogP contribution is 2.26. The summed E-state index contributed by atoms with van der Waals surface area (Å²) in [4.78, 5) is 4.41. The van der Waals surface area contributed by atoms with Gasteiger partial charge in [-0.2, -0.15) is 4.31 Å². The summed E-state index contributed by atoms with van der Waals surface area (Å²) in [5, 5.41) is 12.1. The normalized spacial score (nSPS) is 19.8. The summed E-state index contributed by atoms with van der Waals surface area (Å²) >= 11 is 0. The van der Waals surface area contributed by atoms with E-state index in [1.54, 1.807) is 6.07 Å². The lowest BCUT2D eigenvalue weighted by atomic mass is 10.1. The van der Waals surface area contributed by atoms with E-state index in [0.717, 1.165) is 19.4 Å². The minimum atomic E-state index is -3.47. The van der Waals surface area contributed by atoms with E-state index in [-0.39, 0.29) is 17.4 Å². The maximum absolute atomic E-state index is 12.6. The van der Waals surface area contributed by atoms with Crippen molar-refractivity contribution in [1.29, 1.82) is 0 Å². The second-order valence-corrected chi connectivity index (χ2v) is 7.27. The van der Waals surface area contributed by atoms with E-state index >= 15 is 0 Å². The van der Waals surface area contributed by atoms with E-state index in [4.69, 9.17) is 5.11 Å². The Balaban J connectivity index is 2.12. The maximum atomic E-state index is 12.6. The zero-order valence-electron chi connectivity index (χ0n) is 12.3. The fraction of sp³-hybridized carbons (Fsp3) is 0.643. The van der Waals surface area contributed by atoms with Crippen molar-refractivity contribution < 1.29 is 13.5 Å². The first-order valence-electron chi connectivity index (χ1n) is 7.39. The largest absolute Gasteiger partial charge is 0.396 e. The monoisotopic (exact) mass is 313 g/mol. The number of aromatic nitrogens is 1. The first kappa shape index (κ1) is 16.2. The number of hydrogen-bond donors (Lipinski definition) is 2. The van der Waals surface area contributed by atoms with Gasteiger partial charge in [0.2, 0.25) is 10.0 Å². The van der Waals surface area contributed by atoms with E-state index in [1.165, 1.54) is 16.6 Å². The molecule has 0 amide bonds. The van der Waals surface area contributed by atoms with Gasteiger partial charge in [0.05, 0.1) is 4.90 Å². The minimum Gasteiger partial charge on any atom is -0.396 e. The standard InChI is InChI=1S/C14H23N3O3S/c1-2-6-15-14-10-13(3-7-16-14)21(19,20)17-8-4-12(11-17)5-9-18/h3,7,10,12,18H,2,4-6,8-9,11H2,1H3,(H,15,16). The number of anilines is 1. The Kier molecular flexibility index (Phi) is 5.55. The molecular weight excluding hydrogens is 290 g/mol. The smallest absolute Gasteiger partial charge is 0.243 e. The molecule has 6 nitrogen and oxygen atoms in total. The summed E-state index contributed by atoms with van der Waals surface area (Å²) in [6, 6.07) is 3.12. The number of aliphatic hydroxyl groups excluding tert-OH is 1. The van der Waals surface area contributed by atoms with Crippen LogP contribution in [0.15, 0.2) is 23.2 Å². The summed E-state index contributed by atoms with van der Waals surface area (Å²) in [6.07, 6.45) is 3.94. The number of rotatable bonds is 7. The van der Waals surface area contributed by atoms with Gasteiger partial charge in [0.15, 0.2) is 0 Å². The molecule has 2 heterocycles. The van der Waals surface area contributed by atoms with Crippen molar-refractivity contribution in [3.8, 4) is 0 Å². The fourth-order valence-corrected chi connectivity index (χ4v) is 4.05. The van der Waals surface area contributed by atoms with Crippen LogP contribution in [0, 0.1) is 5.92 Å². The number of sulfonamides is 1. The van der Waals surface area contributed by atoms with Crippen molar-refractivity contribution in [2.45, 2.75) is 31.1 Å². The third kappa shape index (κ3) is 3.93. The highest BCUT2D eigenvalue weighted by atomic mass is 32.2. The third-order valence-corrected chi connectivity index (χ3v) is 5.57. The molecule has 0 aliphatic carbocycles. The van der Waals surface area contributed by atoms with Crippen LogP contribution in [0.25, 0.3) is 0 Å². The first-order chi connectivity index (χ1) is 10.1. The molecule has 1 aliphatic heterocycles. The molecule has 0 spiro atoms. The molecule has 7 heteroatoms. The minimum absolute atomic E-state index is 0.110. The Hall–Kier alpha value is -1.18. The molecule has 0 aromatic carbocycles. The van der Waals surface area contributed by atoms with Crippen molar-refractivity contribution >= 4 is 15.8 Å². The number of hydrogen-bond acceptors (Lipinski definition) is 5. The summed E-state index contributed by atoms with van der Waals surface area (Å²) in [6.45, 7) is 3.92. The number of aliphatic hydroxyl groups is 1. The Morgan fingerprint density at radius 1 is 1.52 bits per heavy atom. The highest BCUT2D eigenvalue weighted by Gasteiger charge is 2.32. The van der Waals surface area contributed by atoms with Gasteiger partial charge < -0.3 is 10.4 Å².